The predicted molar refractivity (Wildman–Crippen MR) is 119 cm³/mol. The number of ether oxygens (including phenoxy) is 1. The van der Waals surface area contributed by atoms with Crippen molar-refractivity contribution in [2.75, 3.05) is 12.9 Å². The van der Waals surface area contributed by atoms with Gasteiger partial charge in [-0.2, -0.15) is 0 Å². The molecule has 2 aromatic carbocycles. The Morgan fingerprint density at radius 2 is 1.83 bits per heavy atom. The third-order valence-corrected chi connectivity index (χ3v) is 5.38. The lowest BCUT2D eigenvalue weighted by Gasteiger charge is -2.20. The minimum Gasteiger partial charge on any atom is -0.497 e. The van der Waals surface area contributed by atoms with E-state index in [4.69, 9.17) is 4.74 Å². The molecule has 1 amide bonds. The molecular formula is C23H25N3O3S. The fraction of sp³-hybridized carbons (Fsp3) is 0.261. The molecule has 1 heterocycles. The largest absolute Gasteiger partial charge is 0.497 e. The van der Waals surface area contributed by atoms with Crippen molar-refractivity contribution in [2.24, 2.45) is 0 Å². The molecule has 0 aliphatic rings. The number of aryl methyl sites for hydroxylation is 1. The Kier molecular flexibility index (Phi) is 7.68. The molecule has 0 spiro atoms. The molecule has 0 aliphatic carbocycles. The summed E-state index contributed by atoms with van der Waals surface area (Å²) in [7, 11) is 1.62. The van der Waals surface area contributed by atoms with Crippen LogP contribution in [0.25, 0.3) is 0 Å². The second-order valence-electron chi connectivity index (χ2n) is 6.76. The van der Waals surface area contributed by atoms with E-state index in [9.17, 15) is 9.59 Å². The smallest absolute Gasteiger partial charge is 0.251 e. The number of aromatic nitrogens is 2. The van der Waals surface area contributed by atoms with Gasteiger partial charge < -0.3 is 15.0 Å². The number of carbonyl (C=O) groups excluding carboxylic acids is 1. The molecule has 0 aliphatic heterocycles. The molecule has 6 nitrogen and oxygen atoms in total. The van der Waals surface area contributed by atoms with E-state index in [0.717, 1.165) is 35.4 Å². The third-order valence-electron chi connectivity index (χ3n) is 4.51. The topological polar surface area (TPSA) is 84.1 Å². The number of aromatic amines is 1. The second-order valence-corrected chi connectivity index (χ2v) is 7.73. The number of hydrogen-bond donors (Lipinski definition) is 2. The molecule has 156 valence electrons. The van der Waals surface area contributed by atoms with E-state index < -0.39 is 0 Å². The van der Waals surface area contributed by atoms with Gasteiger partial charge in [-0.15, -0.1) is 0 Å². The summed E-state index contributed by atoms with van der Waals surface area (Å²) in [5.41, 5.74) is 2.48. The molecule has 0 unspecified atom stereocenters. The molecule has 0 radical (unpaired) electrons. The Morgan fingerprint density at radius 1 is 1.13 bits per heavy atom. The number of hydrogen-bond acceptors (Lipinski definition) is 5. The van der Waals surface area contributed by atoms with Crippen molar-refractivity contribution in [3.63, 3.8) is 0 Å². The first-order valence-corrected chi connectivity index (χ1v) is 10.8. The molecule has 1 atom stereocenters. The maximum atomic E-state index is 12.7. The van der Waals surface area contributed by atoms with Crippen LogP contribution in [0.1, 0.15) is 36.2 Å². The van der Waals surface area contributed by atoms with Crippen molar-refractivity contribution in [1.82, 2.24) is 15.3 Å². The normalized spacial score (nSPS) is 11.7. The number of H-pyrrole nitrogens is 1. The zero-order valence-corrected chi connectivity index (χ0v) is 17.9. The fourth-order valence-corrected chi connectivity index (χ4v) is 3.78. The Labute approximate surface area is 180 Å². The highest BCUT2D eigenvalue weighted by Crippen LogP contribution is 2.24. The van der Waals surface area contributed by atoms with E-state index in [0.29, 0.717) is 5.16 Å². The number of carbonyl (C=O) groups is 1. The standard InChI is InChI=1S/C23H25N3O3S/c1-3-7-18-14-20(27)26-23(24-18)30-15-21(28)25-22(16-8-5-4-6-9-16)17-10-12-19(29-2)13-11-17/h4-6,8-14,22H,3,7,15H2,1-2H3,(H,25,28)(H,24,26,27)/t22-/m1/s1. The zero-order valence-electron chi connectivity index (χ0n) is 17.1. The second kappa shape index (κ2) is 10.6. The van der Waals surface area contributed by atoms with Gasteiger partial charge in [-0.05, 0) is 29.7 Å². The van der Waals surface area contributed by atoms with Gasteiger partial charge in [0.2, 0.25) is 5.91 Å². The minimum atomic E-state index is -0.288. The first-order chi connectivity index (χ1) is 14.6. The fourth-order valence-electron chi connectivity index (χ4n) is 3.07. The Hall–Kier alpha value is -3.06. The van der Waals surface area contributed by atoms with Gasteiger partial charge >= 0.3 is 0 Å². The highest BCUT2D eigenvalue weighted by molar-refractivity contribution is 7.99. The molecule has 0 saturated carbocycles. The van der Waals surface area contributed by atoms with Crippen LogP contribution in [-0.4, -0.2) is 28.7 Å². The van der Waals surface area contributed by atoms with E-state index in [-0.39, 0.29) is 23.3 Å². The maximum Gasteiger partial charge on any atom is 0.251 e. The molecule has 1 aromatic heterocycles. The molecule has 0 fully saturated rings. The van der Waals surface area contributed by atoms with Crippen LogP contribution in [0.15, 0.2) is 70.6 Å². The summed E-state index contributed by atoms with van der Waals surface area (Å²) in [6, 6.07) is 18.6. The van der Waals surface area contributed by atoms with Crippen LogP contribution in [0.5, 0.6) is 5.75 Å². The minimum absolute atomic E-state index is 0.145. The Morgan fingerprint density at radius 3 is 2.50 bits per heavy atom. The van der Waals surface area contributed by atoms with E-state index in [1.165, 1.54) is 17.8 Å². The van der Waals surface area contributed by atoms with Gasteiger partial charge in [0, 0.05) is 11.8 Å². The van der Waals surface area contributed by atoms with Gasteiger partial charge in [0.05, 0.1) is 18.9 Å². The number of methoxy groups -OCH3 is 1. The summed E-state index contributed by atoms with van der Waals surface area (Å²) in [4.78, 5) is 31.6. The van der Waals surface area contributed by atoms with Crippen LogP contribution in [-0.2, 0) is 11.2 Å². The van der Waals surface area contributed by atoms with Gasteiger partial charge in [0.15, 0.2) is 5.16 Å². The number of rotatable bonds is 9. The maximum absolute atomic E-state index is 12.7. The number of thioether (sulfide) groups is 1. The molecule has 3 rings (SSSR count). The van der Waals surface area contributed by atoms with Crippen molar-refractivity contribution in [3.8, 4) is 5.75 Å². The number of nitrogens with one attached hydrogen (secondary N) is 2. The average molecular weight is 424 g/mol. The molecule has 2 N–H and O–H groups in total. The summed E-state index contributed by atoms with van der Waals surface area (Å²) >= 11 is 1.22. The average Bonchev–Trinajstić information content (AvgIpc) is 2.77. The van der Waals surface area contributed by atoms with Gasteiger partial charge in [-0.3, -0.25) is 9.59 Å². The molecule has 30 heavy (non-hydrogen) atoms. The van der Waals surface area contributed by atoms with Crippen LogP contribution in [0.3, 0.4) is 0 Å². The van der Waals surface area contributed by atoms with Crippen molar-refractivity contribution >= 4 is 17.7 Å². The summed E-state index contributed by atoms with van der Waals surface area (Å²) < 4.78 is 5.23. The Bertz CT molecular complexity index is 1020. The van der Waals surface area contributed by atoms with Crippen molar-refractivity contribution in [1.29, 1.82) is 0 Å². The summed E-state index contributed by atoms with van der Waals surface area (Å²) in [5, 5.41) is 3.55. The molecule has 3 aromatic rings. The Balaban J connectivity index is 1.73. The van der Waals surface area contributed by atoms with Gasteiger partial charge in [0.1, 0.15) is 5.75 Å². The van der Waals surface area contributed by atoms with Crippen LogP contribution < -0.4 is 15.6 Å². The lowest BCUT2D eigenvalue weighted by molar-refractivity contribution is -0.119. The van der Waals surface area contributed by atoms with Gasteiger partial charge in [0.25, 0.3) is 5.56 Å². The third kappa shape index (κ3) is 5.97. The van der Waals surface area contributed by atoms with E-state index >= 15 is 0 Å². The summed E-state index contributed by atoms with van der Waals surface area (Å²) in [6.07, 6.45) is 1.64. The van der Waals surface area contributed by atoms with Crippen molar-refractivity contribution in [2.45, 2.75) is 31.0 Å². The lowest BCUT2D eigenvalue weighted by Crippen LogP contribution is -2.30. The molecular weight excluding hydrogens is 398 g/mol. The summed E-state index contributed by atoms with van der Waals surface area (Å²) in [5.74, 6) is 0.764. The van der Waals surface area contributed by atoms with Gasteiger partial charge in [-0.1, -0.05) is 67.6 Å². The SMILES string of the molecule is CCCc1cc(=O)[nH]c(SCC(=O)N[C@H](c2ccccc2)c2ccc(OC)cc2)n1. The van der Waals surface area contributed by atoms with Crippen molar-refractivity contribution < 1.29 is 9.53 Å². The van der Waals surface area contributed by atoms with Gasteiger partial charge in [-0.25, -0.2) is 4.98 Å². The number of amides is 1. The van der Waals surface area contributed by atoms with E-state index in [1.807, 2.05) is 61.5 Å². The van der Waals surface area contributed by atoms with E-state index in [1.54, 1.807) is 7.11 Å². The van der Waals surface area contributed by atoms with Crippen molar-refractivity contribution in [3.05, 3.63) is 87.8 Å². The first kappa shape index (κ1) is 21.6. The lowest BCUT2D eigenvalue weighted by atomic mass is 9.98. The molecule has 7 heteroatoms. The predicted octanol–water partition coefficient (Wildman–Crippen LogP) is 3.73. The van der Waals surface area contributed by atoms with Crippen LogP contribution in [0, 0.1) is 0 Å². The van der Waals surface area contributed by atoms with Crippen LogP contribution in [0.4, 0.5) is 0 Å². The van der Waals surface area contributed by atoms with Crippen LogP contribution >= 0.6 is 11.8 Å². The highest BCUT2D eigenvalue weighted by atomic mass is 32.2. The zero-order chi connectivity index (χ0) is 21.3. The monoisotopic (exact) mass is 423 g/mol. The number of nitrogens with zero attached hydrogens (tertiary/aromatic N) is 1. The van der Waals surface area contributed by atoms with E-state index in [2.05, 4.69) is 15.3 Å². The van der Waals surface area contributed by atoms with Crippen LogP contribution in [0.2, 0.25) is 0 Å². The summed E-state index contributed by atoms with van der Waals surface area (Å²) in [6.45, 7) is 2.03. The number of benzene rings is 2. The molecule has 0 saturated heterocycles. The molecule has 0 bridgehead atoms. The first-order valence-electron chi connectivity index (χ1n) is 9.80. The quantitative estimate of drug-likeness (QED) is 0.405. The highest BCUT2D eigenvalue weighted by Gasteiger charge is 2.17.